The summed E-state index contributed by atoms with van der Waals surface area (Å²) in [7, 11) is 0. The first-order chi connectivity index (χ1) is 12.0. The second kappa shape index (κ2) is 15.7. The Labute approximate surface area is 151 Å². The highest BCUT2D eigenvalue weighted by Crippen LogP contribution is 2.13. The molecule has 0 aromatic heterocycles. The summed E-state index contributed by atoms with van der Waals surface area (Å²) in [6.45, 7) is 2.72. The number of carbonyl (C=O) groups is 2. The number of nitrogens with zero attached hydrogens (tertiary/aromatic N) is 1. The van der Waals surface area contributed by atoms with Gasteiger partial charge in [0.25, 0.3) is 0 Å². The van der Waals surface area contributed by atoms with Crippen LogP contribution >= 0.6 is 0 Å². The highest BCUT2D eigenvalue weighted by molar-refractivity contribution is 5.76. The van der Waals surface area contributed by atoms with Crippen molar-refractivity contribution in [3.63, 3.8) is 0 Å². The molecule has 6 N–H and O–H groups in total. The molecule has 0 heterocycles. The highest BCUT2D eigenvalue weighted by atomic mass is 16.5. The Balaban J connectivity index is 3.92. The van der Waals surface area contributed by atoms with E-state index in [0.717, 1.165) is 32.1 Å². The number of guanidine groups is 1. The van der Waals surface area contributed by atoms with Crippen molar-refractivity contribution in [2.75, 3.05) is 6.54 Å². The lowest BCUT2D eigenvalue weighted by Gasteiger charge is -2.16. The monoisotopic (exact) mass is 356 g/mol. The van der Waals surface area contributed by atoms with E-state index in [1.807, 2.05) is 0 Å². The Hall–Kier alpha value is -1.79. The maximum absolute atomic E-state index is 11.9. The van der Waals surface area contributed by atoms with Gasteiger partial charge in [-0.2, -0.15) is 0 Å². The predicted molar refractivity (Wildman–Crippen MR) is 101 cm³/mol. The molecular formula is C18H36N4O3. The number of rotatable bonds is 16. The van der Waals surface area contributed by atoms with Crippen LogP contribution in [0.4, 0.5) is 0 Å². The van der Waals surface area contributed by atoms with Gasteiger partial charge in [-0.1, -0.05) is 45.4 Å². The molecule has 1 atom stereocenters. The molecule has 1 unspecified atom stereocenters. The van der Waals surface area contributed by atoms with Crippen LogP contribution in [0.1, 0.15) is 84.0 Å². The van der Waals surface area contributed by atoms with Crippen LogP contribution in [0.5, 0.6) is 0 Å². The number of esters is 1. The van der Waals surface area contributed by atoms with E-state index in [4.69, 9.17) is 21.9 Å². The average molecular weight is 357 g/mol. The molecule has 0 saturated heterocycles. The smallest absolute Gasteiger partial charge is 0.306 e. The number of primary amides is 1. The van der Waals surface area contributed by atoms with E-state index in [-0.39, 0.29) is 18.3 Å². The standard InChI is InChI=1S/C18H36N4O3/c1-2-3-4-5-6-7-8-12-17(24)25-15(14-16(19)23)11-9-10-13-22-18(20)21/h15H,2-14H2,1H3,(H2,19,23)(H4,20,21,22). The summed E-state index contributed by atoms with van der Waals surface area (Å²) in [5.74, 6) is -0.642. The first kappa shape index (κ1) is 23.2. The van der Waals surface area contributed by atoms with Crippen LogP contribution in [0.2, 0.25) is 0 Å². The molecule has 0 aliphatic heterocycles. The second-order valence-corrected chi connectivity index (χ2v) is 6.46. The summed E-state index contributed by atoms with van der Waals surface area (Å²) in [5, 5.41) is 0. The molecule has 7 heteroatoms. The van der Waals surface area contributed by atoms with Crippen LogP contribution in [0, 0.1) is 0 Å². The number of hydrogen-bond acceptors (Lipinski definition) is 4. The maximum atomic E-state index is 11.9. The fourth-order valence-electron chi connectivity index (χ4n) is 2.59. The number of amides is 1. The van der Waals surface area contributed by atoms with Gasteiger partial charge in [0, 0.05) is 13.0 Å². The molecule has 0 aliphatic rings. The lowest BCUT2D eigenvalue weighted by Crippen LogP contribution is -2.25. The van der Waals surface area contributed by atoms with E-state index in [0.29, 0.717) is 19.4 Å². The van der Waals surface area contributed by atoms with Crippen LogP contribution in [0.3, 0.4) is 0 Å². The van der Waals surface area contributed by atoms with Crippen molar-refractivity contribution in [1.29, 1.82) is 0 Å². The SMILES string of the molecule is CCCCCCCCCC(=O)OC(CCCCN=C(N)N)CC(N)=O. The van der Waals surface area contributed by atoms with Crippen LogP contribution in [0.15, 0.2) is 4.99 Å². The zero-order valence-electron chi connectivity index (χ0n) is 15.7. The van der Waals surface area contributed by atoms with Crippen molar-refractivity contribution in [2.45, 2.75) is 90.1 Å². The van der Waals surface area contributed by atoms with Crippen LogP contribution in [-0.2, 0) is 14.3 Å². The molecule has 25 heavy (non-hydrogen) atoms. The maximum Gasteiger partial charge on any atom is 0.306 e. The average Bonchev–Trinajstić information content (AvgIpc) is 2.52. The first-order valence-electron chi connectivity index (χ1n) is 9.48. The van der Waals surface area contributed by atoms with Gasteiger partial charge in [0.1, 0.15) is 6.10 Å². The predicted octanol–water partition coefficient (Wildman–Crippen LogP) is 2.36. The molecule has 1 amide bonds. The third kappa shape index (κ3) is 16.8. The van der Waals surface area contributed by atoms with Gasteiger partial charge < -0.3 is 21.9 Å². The van der Waals surface area contributed by atoms with Gasteiger partial charge in [-0.25, -0.2) is 0 Å². The van der Waals surface area contributed by atoms with Crippen molar-refractivity contribution in [3.8, 4) is 0 Å². The molecule has 0 aliphatic carbocycles. The van der Waals surface area contributed by atoms with E-state index in [1.165, 1.54) is 25.7 Å². The van der Waals surface area contributed by atoms with Gasteiger partial charge in [-0.3, -0.25) is 14.6 Å². The fraction of sp³-hybridized carbons (Fsp3) is 0.833. The molecule has 0 bridgehead atoms. The molecule has 0 rings (SSSR count). The van der Waals surface area contributed by atoms with Crippen molar-refractivity contribution in [1.82, 2.24) is 0 Å². The summed E-state index contributed by atoms with van der Waals surface area (Å²) >= 11 is 0. The van der Waals surface area contributed by atoms with Crippen molar-refractivity contribution in [3.05, 3.63) is 0 Å². The number of nitrogens with two attached hydrogens (primary N) is 3. The summed E-state index contributed by atoms with van der Waals surface area (Å²) in [6, 6.07) is 0. The summed E-state index contributed by atoms with van der Waals surface area (Å²) in [5.41, 5.74) is 15.7. The molecule has 0 saturated carbocycles. The van der Waals surface area contributed by atoms with Gasteiger partial charge in [0.15, 0.2) is 5.96 Å². The summed E-state index contributed by atoms with van der Waals surface area (Å²) < 4.78 is 5.41. The number of ether oxygens (including phenoxy) is 1. The summed E-state index contributed by atoms with van der Waals surface area (Å²) in [6.07, 6.45) is 10.2. The number of aliphatic imine (C=N–C) groups is 1. The molecule has 146 valence electrons. The number of unbranched alkanes of at least 4 members (excludes halogenated alkanes) is 7. The Morgan fingerprint density at radius 3 is 2.16 bits per heavy atom. The normalized spacial score (nSPS) is 11.7. The fourth-order valence-corrected chi connectivity index (χ4v) is 2.59. The van der Waals surface area contributed by atoms with Crippen LogP contribution < -0.4 is 17.2 Å². The van der Waals surface area contributed by atoms with Gasteiger partial charge in [-0.15, -0.1) is 0 Å². The third-order valence-electron chi connectivity index (χ3n) is 3.94. The topological polar surface area (TPSA) is 134 Å². The molecular weight excluding hydrogens is 320 g/mol. The Kier molecular flexibility index (Phi) is 14.6. The van der Waals surface area contributed by atoms with Crippen molar-refractivity contribution >= 4 is 17.8 Å². The van der Waals surface area contributed by atoms with E-state index in [9.17, 15) is 9.59 Å². The lowest BCUT2D eigenvalue weighted by atomic mass is 10.1. The minimum absolute atomic E-state index is 0.0606. The molecule has 7 nitrogen and oxygen atoms in total. The molecule has 0 aromatic rings. The third-order valence-corrected chi connectivity index (χ3v) is 3.94. The second-order valence-electron chi connectivity index (χ2n) is 6.46. The van der Waals surface area contributed by atoms with Gasteiger partial charge in [0.2, 0.25) is 5.91 Å². The molecule has 0 spiro atoms. The molecule has 0 radical (unpaired) electrons. The number of carbonyl (C=O) groups excluding carboxylic acids is 2. The largest absolute Gasteiger partial charge is 0.462 e. The lowest BCUT2D eigenvalue weighted by molar-refractivity contribution is -0.150. The molecule has 0 fully saturated rings. The molecule has 0 aromatic carbocycles. The summed E-state index contributed by atoms with van der Waals surface area (Å²) in [4.78, 5) is 26.9. The van der Waals surface area contributed by atoms with Crippen molar-refractivity contribution in [2.24, 2.45) is 22.2 Å². The van der Waals surface area contributed by atoms with Gasteiger partial charge in [0.05, 0.1) is 6.42 Å². The Bertz CT molecular complexity index is 396. The van der Waals surface area contributed by atoms with Crippen LogP contribution in [0.25, 0.3) is 0 Å². The van der Waals surface area contributed by atoms with E-state index >= 15 is 0 Å². The van der Waals surface area contributed by atoms with E-state index in [2.05, 4.69) is 11.9 Å². The van der Waals surface area contributed by atoms with Crippen LogP contribution in [-0.4, -0.2) is 30.5 Å². The minimum atomic E-state index is -0.460. The highest BCUT2D eigenvalue weighted by Gasteiger charge is 2.16. The Morgan fingerprint density at radius 1 is 0.920 bits per heavy atom. The van der Waals surface area contributed by atoms with Gasteiger partial charge >= 0.3 is 5.97 Å². The van der Waals surface area contributed by atoms with E-state index in [1.54, 1.807) is 0 Å². The van der Waals surface area contributed by atoms with E-state index < -0.39 is 12.0 Å². The number of hydrogen-bond donors (Lipinski definition) is 3. The quantitative estimate of drug-likeness (QED) is 0.169. The minimum Gasteiger partial charge on any atom is -0.462 e. The zero-order valence-corrected chi connectivity index (χ0v) is 15.7. The van der Waals surface area contributed by atoms with Crippen molar-refractivity contribution < 1.29 is 14.3 Å². The first-order valence-corrected chi connectivity index (χ1v) is 9.48. The Morgan fingerprint density at radius 2 is 1.56 bits per heavy atom. The van der Waals surface area contributed by atoms with Gasteiger partial charge in [-0.05, 0) is 25.7 Å². The zero-order chi connectivity index (χ0) is 18.9.